The number of alkyl halides is 3. The predicted molar refractivity (Wildman–Crippen MR) is 57.4 cm³/mol. The number of carbonyl (C=O) groups excluding carboxylic acids is 1. The molecular formula is C10H9F3N4O2. The Morgan fingerprint density at radius 2 is 2.11 bits per heavy atom. The van der Waals surface area contributed by atoms with E-state index in [1.165, 1.54) is 6.07 Å². The van der Waals surface area contributed by atoms with Crippen molar-refractivity contribution in [1.82, 2.24) is 14.9 Å². The molecule has 0 spiro atoms. The lowest BCUT2D eigenvalue weighted by Crippen LogP contribution is -2.13. The fourth-order valence-electron chi connectivity index (χ4n) is 1.45. The van der Waals surface area contributed by atoms with Crippen LogP contribution in [0, 0.1) is 6.92 Å². The van der Waals surface area contributed by atoms with Crippen molar-refractivity contribution < 1.29 is 22.5 Å². The van der Waals surface area contributed by atoms with Crippen molar-refractivity contribution in [3.8, 4) is 0 Å². The highest BCUT2D eigenvalue weighted by Crippen LogP contribution is 2.29. The Morgan fingerprint density at radius 3 is 2.58 bits per heavy atom. The molecule has 1 amide bonds. The number of carbonyl (C=O) groups is 1. The van der Waals surface area contributed by atoms with Crippen LogP contribution in [0.5, 0.6) is 0 Å². The first-order chi connectivity index (χ1) is 8.77. The highest BCUT2D eigenvalue weighted by atomic mass is 19.4. The number of anilines is 1. The first-order valence-corrected chi connectivity index (χ1v) is 5.13. The smallest absolute Gasteiger partial charge is 0.360 e. The summed E-state index contributed by atoms with van der Waals surface area (Å²) in [6, 6.07) is 2.10. The second-order valence-corrected chi connectivity index (χ2v) is 3.81. The normalized spacial score (nSPS) is 11.6. The lowest BCUT2D eigenvalue weighted by molar-refractivity contribution is -0.143. The number of amides is 1. The fraction of sp³-hybridized carbons (Fsp3) is 0.300. The summed E-state index contributed by atoms with van der Waals surface area (Å²) in [7, 11) is 1.11. The van der Waals surface area contributed by atoms with Crippen LogP contribution in [-0.2, 0) is 13.2 Å². The summed E-state index contributed by atoms with van der Waals surface area (Å²) >= 11 is 0. The average molecular weight is 274 g/mol. The second kappa shape index (κ2) is 4.41. The molecule has 0 fully saturated rings. The van der Waals surface area contributed by atoms with E-state index in [1.807, 2.05) is 0 Å². The molecule has 9 heteroatoms. The lowest BCUT2D eigenvalue weighted by atomic mass is 10.3. The van der Waals surface area contributed by atoms with E-state index in [1.54, 1.807) is 6.92 Å². The molecule has 0 aliphatic rings. The van der Waals surface area contributed by atoms with Crippen molar-refractivity contribution >= 4 is 11.7 Å². The number of aromatic nitrogens is 3. The second-order valence-electron chi connectivity index (χ2n) is 3.81. The van der Waals surface area contributed by atoms with E-state index in [0.29, 0.717) is 16.5 Å². The molecular weight excluding hydrogens is 265 g/mol. The van der Waals surface area contributed by atoms with Crippen LogP contribution in [-0.4, -0.2) is 20.8 Å². The van der Waals surface area contributed by atoms with Crippen LogP contribution in [0.25, 0.3) is 0 Å². The Hall–Kier alpha value is -2.32. The van der Waals surface area contributed by atoms with E-state index in [-0.39, 0.29) is 11.5 Å². The summed E-state index contributed by atoms with van der Waals surface area (Å²) in [5.74, 6) is -0.214. The van der Waals surface area contributed by atoms with Gasteiger partial charge >= 0.3 is 6.18 Å². The van der Waals surface area contributed by atoms with Crippen molar-refractivity contribution in [1.29, 1.82) is 0 Å². The minimum atomic E-state index is -4.56. The molecule has 0 saturated heterocycles. The summed E-state index contributed by atoms with van der Waals surface area (Å²) in [6.45, 7) is 1.62. The minimum Gasteiger partial charge on any atom is -0.360 e. The average Bonchev–Trinajstić information content (AvgIpc) is 2.84. The van der Waals surface area contributed by atoms with Gasteiger partial charge in [-0.15, -0.1) is 0 Å². The Labute approximate surface area is 105 Å². The van der Waals surface area contributed by atoms with Gasteiger partial charge in [-0.05, 0) is 6.92 Å². The molecule has 102 valence electrons. The topological polar surface area (TPSA) is 73.0 Å². The van der Waals surface area contributed by atoms with Crippen molar-refractivity contribution in [3.05, 3.63) is 29.3 Å². The molecule has 19 heavy (non-hydrogen) atoms. The van der Waals surface area contributed by atoms with Gasteiger partial charge in [0, 0.05) is 19.2 Å². The molecule has 1 N–H and O–H groups in total. The Kier molecular flexibility index (Phi) is 3.05. The van der Waals surface area contributed by atoms with E-state index in [0.717, 1.165) is 7.05 Å². The number of halogens is 3. The third-order valence-electron chi connectivity index (χ3n) is 2.27. The third-order valence-corrected chi connectivity index (χ3v) is 2.27. The highest BCUT2D eigenvalue weighted by Gasteiger charge is 2.35. The van der Waals surface area contributed by atoms with E-state index >= 15 is 0 Å². The summed E-state index contributed by atoms with van der Waals surface area (Å²) in [4.78, 5) is 11.7. The maximum absolute atomic E-state index is 12.5. The minimum absolute atomic E-state index is 0.113. The van der Waals surface area contributed by atoms with Crippen LogP contribution in [0.2, 0.25) is 0 Å². The first kappa shape index (κ1) is 13.1. The molecule has 0 radical (unpaired) electrons. The van der Waals surface area contributed by atoms with Crippen LogP contribution in [0.4, 0.5) is 19.0 Å². The van der Waals surface area contributed by atoms with Gasteiger partial charge in [-0.2, -0.15) is 18.3 Å². The van der Waals surface area contributed by atoms with Crippen molar-refractivity contribution in [2.45, 2.75) is 13.1 Å². The molecule has 2 rings (SSSR count). The van der Waals surface area contributed by atoms with Crippen LogP contribution in [0.1, 0.15) is 21.9 Å². The van der Waals surface area contributed by atoms with E-state index in [4.69, 9.17) is 4.52 Å². The molecule has 0 saturated carbocycles. The monoisotopic (exact) mass is 274 g/mol. The standard InChI is InChI=1S/C10H9F3N4O2/c1-5-3-8(16-19-5)14-9(18)6-4-7(10(11,12)13)17(2)15-6/h3-4H,1-2H3,(H,14,16,18). The van der Waals surface area contributed by atoms with E-state index < -0.39 is 17.8 Å². The number of rotatable bonds is 2. The molecule has 2 aromatic rings. The molecule has 6 nitrogen and oxygen atoms in total. The van der Waals surface area contributed by atoms with E-state index in [2.05, 4.69) is 15.6 Å². The molecule has 0 aromatic carbocycles. The van der Waals surface area contributed by atoms with Crippen molar-refractivity contribution in [3.63, 3.8) is 0 Å². The zero-order chi connectivity index (χ0) is 14.2. The predicted octanol–water partition coefficient (Wildman–Crippen LogP) is 1.99. The van der Waals surface area contributed by atoms with Gasteiger partial charge in [0.2, 0.25) is 0 Å². The molecule has 2 heterocycles. The van der Waals surface area contributed by atoms with Crippen LogP contribution >= 0.6 is 0 Å². The van der Waals surface area contributed by atoms with Gasteiger partial charge in [0.05, 0.1) is 0 Å². The third kappa shape index (κ3) is 2.75. The Bertz CT molecular complexity index is 615. The summed E-state index contributed by atoms with van der Waals surface area (Å²) in [6.07, 6.45) is -4.56. The molecule has 0 aliphatic carbocycles. The lowest BCUT2D eigenvalue weighted by Gasteiger charge is -2.04. The summed E-state index contributed by atoms with van der Waals surface area (Å²) in [5, 5.41) is 9.29. The van der Waals surface area contributed by atoms with Crippen LogP contribution in [0.15, 0.2) is 16.7 Å². The van der Waals surface area contributed by atoms with Gasteiger partial charge in [-0.1, -0.05) is 5.16 Å². The van der Waals surface area contributed by atoms with Crippen LogP contribution < -0.4 is 5.32 Å². The van der Waals surface area contributed by atoms with Gasteiger partial charge in [0.1, 0.15) is 11.5 Å². The number of hydrogen-bond donors (Lipinski definition) is 1. The first-order valence-electron chi connectivity index (χ1n) is 5.13. The zero-order valence-electron chi connectivity index (χ0n) is 9.95. The fourth-order valence-corrected chi connectivity index (χ4v) is 1.45. The highest BCUT2D eigenvalue weighted by molar-refractivity contribution is 6.02. The number of nitrogens with zero attached hydrogens (tertiary/aromatic N) is 3. The van der Waals surface area contributed by atoms with Crippen LogP contribution in [0.3, 0.4) is 0 Å². The molecule has 2 aromatic heterocycles. The molecule has 0 bridgehead atoms. The van der Waals surface area contributed by atoms with Crippen molar-refractivity contribution in [2.75, 3.05) is 5.32 Å². The number of hydrogen-bond acceptors (Lipinski definition) is 4. The molecule has 0 unspecified atom stereocenters. The van der Waals surface area contributed by atoms with Gasteiger partial charge in [-0.25, -0.2) is 0 Å². The van der Waals surface area contributed by atoms with Gasteiger partial charge < -0.3 is 9.84 Å². The molecule has 0 atom stereocenters. The maximum Gasteiger partial charge on any atom is 0.433 e. The summed E-state index contributed by atoms with van der Waals surface area (Å²) in [5.41, 5.74) is -1.36. The zero-order valence-corrected chi connectivity index (χ0v) is 9.95. The Morgan fingerprint density at radius 1 is 1.42 bits per heavy atom. The van der Waals surface area contributed by atoms with Gasteiger partial charge in [0.25, 0.3) is 5.91 Å². The Balaban J connectivity index is 2.21. The SMILES string of the molecule is Cc1cc(NC(=O)c2cc(C(F)(F)F)n(C)n2)no1. The summed E-state index contributed by atoms with van der Waals surface area (Å²) < 4.78 is 42.9. The number of aryl methyl sites for hydroxylation is 2. The number of nitrogens with one attached hydrogen (secondary N) is 1. The van der Waals surface area contributed by atoms with Crippen molar-refractivity contribution in [2.24, 2.45) is 7.05 Å². The quantitative estimate of drug-likeness (QED) is 0.908. The molecule has 0 aliphatic heterocycles. The maximum atomic E-state index is 12.5. The van der Waals surface area contributed by atoms with Gasteiger partial charge in [-0.3, -0.25) is 9.48 Å². The largest absolute Gasteiger partial charge is 0.433 e. The van der Waals surface area contributed by atoms with Gasteiger partial charge in [0.15, 0.2) is 11.5 Å². The van der Waals surface area contributed by atoms with E-state index in [9.17, 15) is 18.0 Å².